The van der Waals surface area contributed by atoms with Crippen LogP contribution in [0.4, 0.5) is 0 Å². The van der Waals surface area contributed by atoms with Gasteiger partial charge in [-0.05, 0) is 51.8 Å². The molecule has 0 N–H and O–H groups in total. The van der Waals surface area contributed by atoms with E-state index in [0.717, 1.165) is 7.57 Å². The van der Waals surface area contributed by atoms with Crippen molar-refractivity contribution in [2.45, 2.75) is 26.3 Å². The van der Waals surface area contributed by atoms with Crippen molar-refractivity contribution in [3.05, 3.63) is 31.4 Å². The van der Waals surface area contributed by atoms with E-state index in [-0.39, 0.29) is 18.2 Å². The van der Waals surface area contributed by atoms with Crippen molar-refractivity contribution in [2.24, 2.45) is 0 Å². The highest BCUT2D eigenvalue weighted by atomic mass is 79.9. The van der Waals surface area contributed by atoms with Gasteiger partial charge in [-0.15, -0.1) is 11.3 Å². The fraction of sp³-hybridized carbons (Fsp3) is 0.364. The van der Waals surface area contributed by atoms with Crippen LogP contribution in [-0.4, -0.2) is 20.5 Å². The molecule has 2 heterocycles. The number of nitrogens with zero attached hydrogens (tertiary/aromatic N) is 3. The number of carbonyl (C=O) groups is 1. The predicted molar refractivity (Wildman–Crippen MR) is 78.2 cm³/mol. The summed E-state index contributed by atoms with van der Waals surface area (Å²) in [4.78, 5) is 16.3. The van der Waals surface area contributed by atoms with Crippen molar-refractivity contribution in [1.29, 1.82) is 0 Å². The minimum Gasteiger partial charge on any atom is -0.294 e. The third-order valence-electron chi connectivity index (χ3n) is 2.41. The van der Waals surface area contributed by atoms with Gasteiger partial charge in [0.05, 0.1) is 14.0 Å². The van der Waals surface area contributed by atoms with E-state index in [0.29, 0.717) is 11.4 Å². The van der Waals surface area contributed by atoms with E-state index >= 15 is 0 Å². The molecule has 0 radical (unpaired) electrons. The van der Waals surface area contributed by atoms with Gasteiger partial charge >= 0.3 is 0 Å². The van der Waals surface area contributed by atoms with Gasteiger partial charge in [0.25, 0.3) is 0 Å². The monoisotopic (exact) mass is 391 g/mol. The van der Waals surface area contributed by atoms with Crippen LogP contribution in [0.1, 0.15) is 36.1 Å². The standard InChI is InChI=1S/C11H11Br2N3OS/c1-6(2)16-10(14-5-15-16)4-8(17)7-3-9(12)18-11(7)13/h3,5-6H,4H2,1-2H3. The number of hydrogen-bond donors (Lipinski definition) is 0. The van der Waals surface area contributed by atoms with Crippen LogP contribution in [0, 0.1) is 0 Å². The summed E-state index contributed by atoms with van der Waals surface area (Å²) < 4.78 is 3.55. The molecule has 0 saturated heterocycles. The average Bonchev–Trinajstić information content (AvgIpc) is 2.85. The Labute approximate surface area is 126 Å². The molecule has 96 valence electrons. The Morgan fingerprint density at radius 1 is 1.50 bits per heavy atom. The lowest BCUT2D eigenvalue weighted by Crippen LogP contribution is -2.13. The quantitative estimate of drug-likeness (QED) is 0.742. The van der Waals surface area contributed by atoms with E-state index in [1.54, 1.807) is 4.68 Å². The zero-order valence-electron chi connectivity index (χ0n) is 9.85. The van der Waals surface area contributed by atoms with E-state index < -0.39 is 0 Å². The highest BCUT2D eigenvalue weighted by molar-refractivity contribution is 9.12. The number of hydrogen-bond acceptors (Lipinski definition) is 4. The minimum absolute atomic E-state index is 0.0405. The molecule has 0 aromatic carbocycles. The molecule has 2 rings (SSSR count). The Morgan fingerprint density at radius 3 is 2.78 bits per heavy atom. The van der Waals surface area contributed by atoms with E-state index in [1.165, 1.54) is 17.7 Å². The lowest BCUT2D eigenvalue weighted by molar-refractivity contribution is 0.0989. The third kappa shape index (κ3) is 2.89. The Balaban J connectivity index is 2.21. The largest absolute Gasteiger partial charge is 0.294 e. The second-order valence-corrected chi connectivity index (χ2v) is 7.80. The van der Waals surface area contributed by atoms with Gasteiger partial charge in [0.15, 0.2) is 5.78 Å². The second-order valence-electron chi connectivity index (χ2n) is 4.05. The second kappa shape index (κ2) is 5.63. The van der Waals surface area contributed by atoms with Gasteiger partial charge in [0.2, 0.25) is 0 Å². The van der Waals surface area contributed by atoms with Gasteiger partial charge < -0.3 is 0 Å². The summed E-state index contributed by atoms with van der Waals surface area (Å²) in [5.74, 6) is 0.739. The summed E-state index contributed by atoms with van der Waals surface area (Å²) in [6.07, 6.45) is 1.75. The first-order valence-electron chi connectivity index (χ1n) is 5.35. The van der Waals surface area contributed by atoms with Crippen LogP contribution in [0.25, 0.3) is 0 Å². The molecule has 0 unspecified atom stereocenters. The van der Waals surface area contributed by atoms with Crippen LogP contribution in [-0.2, 0) is 6.42 Å². The molecular weight excluding hydrogens is 382 g/mol. The number of thiophene rings is 1. The smallest absolute Gasteiger partial charge is 0.172 e. The van der Waals surface area contributed by atoms with Gasteiger partial charge in [-0.1, -0.05) is 0 Å². The Morgan fingerprint density at radius 2 is 2.22 bits per heavy atom. The Kier molecular flexibility index (Phi) is 4.34. The lowest BCUT2D eigenvalue weighted by Gasteiger charge is -2.08. The molecule has 0 amide bonds. The number of aromatic nitrogens is 3. The van der Waals surface area contributed by atoms with Crippen LogP contribution >= 0.6 is 43.2 Å². The minimum atomic E-state index is 0.0405. The van der Waals surface area contributed by atoms with E-state index in [4.69, 9.17) is 0 Å². The van der Waals surface area contributed by atoms with Crippen molar-refractivity contribution in [3.63, 3.8) is 0 Å². The van der Waals surface area contributed by atoms with Gasteiger partial charge in [-0.3, -0.25) is 4.79 Å². The van der Waals surface area contributed by atoms with Crippen molar-refractivity contribution >= 4 is 49.0 Å². The van der Waals surface area contributed by atoms with Gasteiger partial charge in [-0.2, -0.15) is 5.10 Å². The van der Waals surface area contributed by atoms with E-state index in [9.17, 15) is 4.79 Å². The van der Waals surface area contributed by atoms with E-state index in [2.05, 4.69) is 41.9 Å². The number of rotatable bonds is 4. The first kappa shape index (κ1) is 13.9. The summed E-state index contributed by atoms with van der Waals surface area (Å²) in [5.41, 5.74) is 0.685. The highest BCUT2D eigenvalue weighted by Crippen LogP contribution is 2.32. The molecule has 2 aromatic heterocycles. The zero-order valence-corrected chi connectivity index (χ0v) is 13.8. The fourth-order valence-electron chi connectivity index (χ4n) is 1.60. The maximum Gasteiger partial charge on any atom is 0.172 e. The van der Waals surface area contributed by atoms with Gasteiger partial charge in [0.1, 0.15) is 12.2 Å². The van der Waals surface area contributed by atoms with Crippen LogP contribution in [0.15, 0.2) is 20.0 Å². The van der Waals surface area contributed by atoms with Crippen LogP contribution in [0.5, 0.6) is 0 Å². The molecule has 0 aliphatic heterocycles. The van der Waals surface area contributed by atoms with E-state index in [1.807, 2.05) is 19.9 Å². The number of Topliss-reactive ketones (excluding diaryl/α,β-unsaturated/α-hetero) is 1. The Bertz CT molecular complexity index is 577. The topological polar surface area (TPSA) is 47.8 Å². The molecule has 0 aliphatic rings. The van der Waals surface area contributed by atoms with Crippen LogP contribution in [0.2, 0.25) is 0 Å². The SMILES string of the molecule is CC(C)n1ncnc1CC(=O)c1cc(Br)sc1Br. The fourth-order valence-corrected chi connectivity index (χ4v) is 4.46. The Hall–Kier alpha value is -0.530. The summed E-state index contributed by atoms with van der Waals surface area (Å²) >= 11 is 8.25. The zero-order chi connectivity index (χ0) is 13.3. The van der Waals surface area contributed by atoms with Crippen molar-refractivity contribution in [1.82, 2.24) is 14.8 Å². The molecule has 2 aromatic rings. The normalized spacial score (nSPS) is 11.2. The van der Waals surface area contributed by atoms with Crippen molar-refractivity contribution in [3.8, 4) is 0 Å². The molecule has 0 aliphatic carbocycles. The molecule has 7 heteroatoms. The molecule has 4 nitrogen and oxygen atoms in total. The highest BCUT2D eigenvalue weighted by Gasteiger charge is 2.17. The predicted octanol–water partition coefficient (Wildman–Crippen LogP) is 3.87. The molecule has 0 spiro atoms. The number of halogens is 2. The molecule has 0 saturated carbocycles. The van der Waals surface area contributed by atoms with Crippen LogP contribution in [0.3, 0.4) is 0 Å². The summed E-state index contributed by atoms with van der Waals surface area (Å²) in [6.45, 7) is 4.03. The molecule has 0 fully saturated rings. The molecular formula is C11H11Br2N3OS. The average molecular weight is 393 g/mol. The summed E-state index contributed by atoms with van der Waals surface area (Å²) in [6, 6.07) is 2.03. The summed E-state index contributed by atoms with van der Waals surface area (Å²) in [7, 11) is 0. The maximum absolute atomic E-state index is 12.2. The first-order valence-corrected chi connectivity index (χ1v) is 7.75. The maximum atomic E-state index is 12.2. The third-order valence-corrected chi connectivity index (χ3v) is 4.75. The van der Waals surface area contributed by atoms with Crippen molar-refractivity contribution < 1.29 is 4.79 Å². The number of carbonyl (C=O) groups excluding carboxylic acids is 1. The van der Waals surface area contributed by atoms with Crippen LogP contribution < -0.4 is 0 Å². The molecule has 0 atom stereocenters. The number of ketones is 1. The molecule has 18 heavy (non-hydrogen) atoms. The molecule has 0 bridgehead atoms. The van der Waals surface area contributed by atoms with Gasteiger partial charge in [0, 0.05) is 11.6 Å². The van der Waals surface area contributed by atoms with Crippen molar-refractivity contribution in [2.75, 3.05) is 0 Å². The first-order chi connectivity index (χ1) is 8.49. The lowest BCUT2D eigenvalue weighted by atomic mass is 10.1. The van der Waals surface area contributed by atoms with Gasteiger partial charge in [-0.25, -0.2) is 9.67 Å². The summed E-state index contributed by atoms with van der Waals surface area (Å²) in [5, 5.41) is 4.13.